The number of para-hydroxylation sites is 2. The molecule has 0 aliphatic rings. The zero-order valence-corrected chi connectivity index (χ0v) is 34.6. The molecule has 0 saturated heterocycles. The van der Waals surface area contributed by atoms with Gasteiger partial charge in [-0.05, 0) is 53.6 Å². The van der Waals surface area contributed by atoms with Gasteiger partial charge in [0.15, 0.2) is 0 Å². The highest BCUT2D eigenvalue weighted by Crippen LogP contribution is 2.56. The molecule has 9 aromatic carbocycles. The normalized spacial score (nSPS) is 11.8. The molecule has 0 N–H and O–H groups in total. The van der Waals surface area contributed by atoms with Gasteiger partial charge < -0.3 is 9.13 Å². The fourth-order valence-electron chi connectivity index (χ4n) is 10.0. The Kier molecular flexibility index (Phi) is 7.44. The minimum absolute atomic E-state index is 0.338. The summed E-state index contributed by atoms with van der Waals surface area (Å²) in [7, 11) is 0. The molecule has 0 bridgehead atoms. The molecule has 286 valence electrons. The van der Waals surface area contributed by atoms with E-state index in [4.69, 9.17) is 13.1 Å². The van der Waals surface area contributed by atoms with Crippen LogP contribution in [0.3, 0.4) is 0 Å². The number of hydrogen-bond donors (Lipinski definition) is 0. The van der Waals surface area contributed by atoms with E-state index in [1.165, 1.54) is 45.7 Å². The highest BCUT2D eigenvalue weighted by Gasteiger charge is 2.32. The Balaban J connectivity index is 1.33. The molecule has 0 radical (unpaired) electrons. The zero-order valence-electron chi connectivity index (χ0n) is 32.9. The fraction of sp³-hybridized carbons (Fsp3) is 0. The minimum atomic E-state index is 0.338. The van der Waals surface area contributed by atoms with Gasteiger partial charge in [-0.25, -0.2) is 9.69 Å². The first-order chi connectivity index (χ1) is 30.7. The Labute approximate surface area is 363 Å². The Morgan fingerprint density at radius 1 is 0.355 bits per heavy atom. The minimum Gasteiger partial charge on any atom is -0.308 e. The summed E-state index contributed by atoms with van der Waals surface area (Å²) < 4.78 is 9.73. The number of fused-ring (bicyclic) bond motifs is 13. The maximum absolute atomic E-state index is 8.97. The quantitative estimate of drug-likeness (QED) is 0.158. The van der Waals surface area contributed by atoms with Gasteiger partial charge in [0.05, 0.1) is 46.6 Å². The molecule has 0 aliphatic heterocycles. The standard InChI is InChI=1S/C56H30N4S2/c1-57-52-49(33-17-5-3-6-18-33)54(59-43-26-14-10-24-39(43)51-44(59)30-29-38-36-22-11-16-28-47(36)62-56(38)51)55(50(53(52)58-2)34-19-7-4-8-20-34)60-42-25-13-9-21-35(42)40-31-41-37-23-12-15-27-46(37)61-48(41)32-45(40)60/h3-32H. The summed E-state index contributed by atoms with van der Waals surface area (Å²) in [6.07, 6.45) is 0. The fourth-order valence-corrected chi connectivity index (χ4v) is 12.4. The van der Waals surface area contributed by atoms with Crippen molar-refractivity contribution in [3.8, 4) is 33.6 Å². The molecule has 0 spiro atoms. The smallest absolute Gasteiger partial charge is 0.205 e. The van der Waals surface area contributed by atoms with Gasteiger partial charge >= 0.3 is 0 Å². The summed E-state index contributed by atoms with van der Waals surface area (Å²) >= 11 is 3.64. The van der Waals surface area contributed by atoms with Crippen molar-refractivity contribution in [1.29, 1.82) is 0 Å². The first-order valence-corrected chi connectivity index (χ1v) is 22.1. The van der Waals surface area contributed by atoms with E-state index in [1.54, 1.807) is 0 Å². The maximum atomic E-state index is 8.97. The first-order valence-electron chi connectivity index (χ1n) is 20.5. The van der Waals surface area contributed by atoms with Gasteiger partial charge in [0, 0.05) is 73.0 Å². The van der Waals surface area contributed by atoms with Crippen LogP contribution >= 0.6 is 22.7 Å². The van der Waals surface area contributed by atoms with Crippen molar-refractivity contribution >= 4 is 118 Å². The molecule has 0 fully saturated rings. The van der Waals surface area contributed by atoms with E-state index in [2.05, 4.69) is 164 Å². The lowest BCUT2D eigenvalue weighted by atomic mass is 9.91. The number of hydrogen-bond acceptors (Lipinski definition) is 2. The van der Waals surface area contributed by atoms with Gasteiger partial charge in [-0.2, -0.15) is 0 Å². The van der Waals surface area contributed by atoms with Gasteiger partial charge in [-0.3, -0.25) is 0 Å². The molecular formula is C56H30N4S2. The van der Waals surface area contributed by atoms with Crippen LogP contribution in [0.4, 0.5) is 11.4 Å². The number of rotatable bonds is 4. The van der Waals surface area contributed by atoms with Crippen molar-refractivity contribution in [3.05, 3.63) is 205 Å². The van der Waals surface area contributed by atoms with E-state index in [9.17, 15) is 0 Å². The molecule has 6 heteroatoms. The van der Waals surface area contributed by atoms with E-state index >= 15 is 0 Å². The average molecular weight is 823 g/mol. The molecule has 0 saturated carbocycles. The number of nitrogens with zero attached hydrogens (tertiary/aromatic N) is 4. The van der Waals surface area contributed by atoms with Crippen molar-refractivity contribution in [2.24, 2.45) is 0 Å². The Morgan fingerprint density at radius 2 is 0.855 bits per heavy atom. The molecule has 0 unspecified atom stereocenters. The highest BCUT2D eigenvalue weighted by molar-refractivity contribution is 7.27. The van der Waals surface area contributed by atoms with Crippen molar-refractivity contribution < 1.29 is 0 Å². The first kappa shape index (κ1) is 34.8. The second-order valence-corrected chi connectivity index (χ2v) is 17.8. The lowest BCUT2D eigenvalue weighted by molar-refractivity contribution is 1.10. The Hall–Kier alpha value is -8.00. The number of benzene rings is 9. The Bertz CT molecular complexity index is 4020. The van der Waals surface area contributed by atoms with Crippen molar-refractivity contribution in [3.63, 3.8) is 0 Å². The van der Waals surface area contributed by atoms with Gasteiger partial charge in [0.2, 0.25) is 11.4 Å². The maximum Gasteiger partial charge on any atom is 0.205 e. The summed E-state index contributed by atoms with van der Waals surface area (Å²) in [6, 6.07) is 64.4. The SMILES string of the molecule is [C-]#[N+]c1c([N+]#[C-])c(-c2ccccc2)c(-n2c3ccccc3c3c4sc5ccccc5c4ccc32)c(-n2c3ccccc3c3cc4c(cc32)sc2ccccc24)c1-c1ccccc1. The molecule has 13 aromatic rings. The molecule has 62 heavy (non-hydrogen) atoms. The van der Waals surface area contributed by atoms with E-state index < -0.39 is 0 Å². The Morgan fingerprint density at radius 3 is 1.48 bits per heavy atom. The van der Waals surface area contributed by atoms with Gasteiger partial charge in [-0.1, -0.05) is 140 Å². The van der Waals surface area contributed by atoms with Crippen LogP contribution in [0, 0.1) is 13.1 Å². The second kappa shape index (κ2) is 13.3. The molecule has 4 heterocycles. The molecule has 0 aliphatic carbocycles. The average Bonchev–Trinajstić information content (AvgIpc) is 4.08. The summed E-state index contributed by atoms with van der Waals surface area (Å²) in [5.41, 5.74) is 9.76. The van der Waals surface area contributed by atoms with Crippen LogP contribution in [-0.2, 0) is 0 Å². The molecular weight excluding hydrogens is 793 g/mol. The van der Waals surface area contributed by atoms with E-state index in [-0.39, 0.29) is 0 Å². The lowest BCUT2D eigenvalue weighted by Crippen LogP contribution is -2.08. The molecule has 4 aromatic heterocycles. The third-order valence-corrected chi connectivity index (χ3v) is 14.9. The zero-order chi connectivity index (χ0) is 41.1. The third-order valence-electron chi connectivity index (χ3n) is 12.5. The number of thiophene rings is 2. The van der Waals surface area contributed by atoms with Gasteiger partial charge in [-0.15, -0.1) is 22.7 Å². The largest absolute Gasteiger partial charge is 0.308 e. The second-order valence-electron chi connectivity index (χ2n) is 15.7. The molecule has 13 rings (SSSR count). The van der Waals surface area contributed by atoms with E-state index in [0.29, 0.717) is 11.4 Å². The topological polar surface area (TPSA) is 18.6 Å². The van der Waals surface area contributed by atoms with Crippen LogP contribution in [0.15, 0.2) is 182 Å². The van der Waals surface area contributed by atoms with Gasteiger partial charge in [0.25, 0.3) is 0 Å². The summed E-state index contributed by atoms with van der Waals surface area (Å²) in [4.78, 5) is 8.69. The van der Waals surface area contributed by atoms with E-state index in [0.717, 1.165) is 71.9 Å². The van der Waals surface area contributed by atoms with E-state index in [1.807, 2.05) is 59.1 Å². The van der Waals surface area contributed by atoms with Crippen LogP contribution in [0.1, 0.15) is 0 Å². The van der Waals surface area contributed by atoms with Crippen LogP contribution in [0.25, 0.3) is 127 Å². The predicted molar refractivity (Wildman–Crippen MR) is 264 cm³/mol. The van der Waals surface area contributed by atoms with Gasteiger partial charge in [0.1, 0.15) is 0 Å². The summed E-state index contributed by atoms with van der Waals surface area (Å²) in [6.45, 7) is 17.9. The van der Waals surface area contributed by atoms with Crippen LogP contribution < -0.4 is 0 Å². The van der Waals surface area contributed by atoms with Crippen LogP contribution in [0.5, 0.6) is 0 Å². The molecule has 0 atom stereocenters. The third kappa shape index (κ3) is 4.74. The van der Waals surface area contributed by atoms with Crippen molar-refractivity contribution in [2.45, 2.75) is 0 Å². The van der Waals surface area contributed by atoms with Crippen molar-refractivity contribution in [2.75, 3.05) is 0 Å². The summed E-state index contributed by atoms with van der Waals surface area (Å²) in [5, 5.41) is 9.53. The predicted octanol–water partition coefficient (Wildman–Crippen LogP) is 17.1. The summed E-state index contributed by atoms with van der Waals surface area (Å²) in [5.74, 6) is 0. The molecule has 0 amide bonds. The van der Waals surface area contributed by atoms with Crippen LogP contribution in [-0.4, -0.2) is 9.13 Å². The monoisotopic (exact) mass is 822 g/mol. The van der Waals surface area contributed by atoms with Crippen LogP contribution in [0.2, 0.25) is 0 Å². The van der Waals surface area contributed by atoms with Crippen molar-refractivity contribution in [1.82, 2.24) is 9.13 Å². The number of aromatic nitrogens is 2. The lowest BCUT2D eigenvalue weighted by Gasteiger charge is -2.26. The highest BCUT2D eigenvalue weighted by atomic mass is 32.1. The molecule has 4 nitrogen and oxygen atoms in total.